The molecule has 1 amide bonds. The van der Waals surface area contributed by atoms with E-state index in [2.05, 4.69) is 15.0 Å². The van der Waals surface area contributed by atoms with Gasteiger partial charge in [0.25, 0.3) is 15.9 Å². The number of amides is 1. The first-order valence-corrected chi connectivity index (χ1v) is 16.1. The molecule has 0 aliphatic carbocycles. The second-order valence-corrected chi connectivity index (χ2v) is 13.9. The van der Waals surface area contributed by atoms with E-state index in [4.69, 9.17) is 27.9 Å². The van der Waals surface area contributed by atoms with Gasteiger partial charge in [-0.1, -0.05) is 47.5 Å². The molecule has 44 heavy (non-hydrogen) atoms. The van der Waals surface area contributed by atoms with E-state index < -0.39 is 39.6 Å². The molecule has 2 aliphatic rings. The molecular formula is C30H28Cl2N6O5S. The van der Waals surface area contributed by atoms with Crippen LogP contribution in [-0.2, 0) is 36.3 Å². The van der Waals surface area contributed by atoms with Crippen LogP contribution in [0.15, 0.2) is 72.4 Å². The molecule has 0 saturated carbocycles. The zero-order chi connectivity index (χ0) is 31.4. The van der Waals surface area contributed by atoms with Gasteiger partial charge < -0.3 is 4.74 Å². The topological polar surface area (TPSA) is 128 Å². The first-order chi connectivity index (χ1) is 20.9. The molecule has 4 heterocycles. The summed E-state index contributed by atoms with van der Waals surface area (Å²) >= 11 is 12.6. The molecular weight excluding hydrogens is 627 g/mol. The maximum Gasteiger partial charge on any atom is 0.324 e. The standard InChI is InChI=1S/C30H28Cl2N6O5S/c1-18(2)43-27(39)25-8-9-36(25)44(41,42)26-16-35-29-37(24-11-22(31)10-23(32)12-24)28(40)30(3,38(26)29)13-19-4-6-20(7-5-19)21-14-33-17-34-15-21/h4-7,10-12,14-18,25H,8-9,13H2,1-3H3. The number of fused-ring (bicyclic) bond motifs is 1. The molecule has 2 atom stereocenters. The van der Waals surface area contributed by atoms with Crippen LogP contribution < -0.4 is 4.90 Å². The molecule has 11 nitrogen and oxygen atoms in total. The molecule has 6 rings (SSSR count). The number of rotatable bonds is 8. The quantitative estimate of drug-likeness (QED) is 0.243. The van der Waals surface area contributed by atoms with Gasteiger partial charge in [0.05, 0.1) is 18.0 Å². The van der Waals surface area contributed by atoms with Crippen molar-refractivity contribution in [3.05, 3.63) is 83.0 Å². The van der Waals surface area contributed by atoms with Crippen LogP contribution in [0.3, 0.4) is 0 Å². The summed E-state index contributed by atoms with van der Waals surface area (Å²) in [5, 5.41) is 0.388. The van der Waals surface area contributed by atoms with E-state index in [0.29, 0.717) is 22.2 Å². The number of aromatic nitrogens is 4. The van der Waals surface area contributed by atoms with E-state index in [0.717, 1.165) is 21.0 Å². The number of ether oxygens (including phenoxy) is 1. The van der Waals surface area contributed by atoms with Crippen LogP contribution >= 0.6 is 23.2 Å². The molecule has 0 N–H and O–H groups in total. The predicted molar refractivity (Wildman–Crippen MR) is 164 cm³/mol. The third-order valence-electron chi connectivity index (χ3n) is 7.74. The van der Waals surface area contributed by atoms with Crippen LogP contribution in [0.4, 0.5) is 11.6 Å². The molecule has 0 radical (unpaired) electrons. The van der Waals surface area contributed by atoms with Gasteiger partial charge in [0.2, 0.25) is 5.95 Å². The van der Waals surface area contributed by atoms with Crippen LogP contribution in [0, 0.1) is 0 Å². The van der Waals surface area contributed by atoms with E-state index in [9.17, 15) is 18.0 Å². The summed E-state index contributed by atoms with van der Waals surface area (Å²) in [6.45, 7) is 5.20. The molecule has 2 aromatic heterocycles. The molecule has 228 valence electrons. The lowest BCUT2D eigenvalue weighted by Gasteiger charge is -2.38. The molecule has 2 aromatic carbocycles. The summed E-state index contributed by atoms with van der Waals surface area (Å²) < 4.78 is 36.1. The third kappa shape index (κ3) is 5.15. The number of halogens is 2. The summed E-state index contributed by atoms with van der Waals surface area (Å²) in [7, 11) is -4.28. The van der Waals surface area contributed by atoms with E-state index >= 15 is 0 Å². The highest BCUT2D eigenvalue weighted by Gasteiger charge is 2.54. The maximum atomic E-state index is 14.4. The van der Waals surface area contributed by atoms with Gasteiger partial charge in [-0.05, 0) is 56.5 Å². The number of anilines is 2. The largest absolute Gasteiger partial charge is 0.462 e. The first kappa shape index (κ1) is 30.2. The summed E-state index contributed by atoms with van der Waals surface area (Å²) in [4.78, 5) is 41.0. The van der Waals surface area contributed by atoms with Gasteiger partial charge in [-0.3, -0.25) is 14.2 Å². The Balaban J connectivity index is 1.43. The Kier molecular flexibility index (Phi) is 7.73. The lowest BCUT2D eigenvalue weighted by molar-refractivity contribution is -0.155. The number of benzene rings is 2. The second kappa shape index (κ2) is 11.3. The second-order valence-electron chi connectivity index (χ2n) is 11.2. The SMILES string of the molecule is CC(C)OC(=O)C1CCN1S(=O)(=O)c1cnc2n1C(C)(Cc1ccc(-c3cncnc3)cc1)C(=O)N2c1cc(Cl)cc(Cl)c1. The molecule has 2 aliphatic heterocycles. The van der Waals surface area contributed by atoms with Gasteiger partial charge in [-0.15, -0.1) is 0 Å². The minimum absolute atomic E-state index is 0.0919. The van der Waals surface area contributed by atoms with Crippen molar-refractivity contribution in [2.75, 3.05) is 11.4 Å². The minimum Gasteiger partial charge on any atom is -0.462 e. The highest BCUT2D eigenvalue weighted by atomic mass is 35.5. The molecule has 1 saturated heterocycles. The predicted octanol–water partition coefficient (Wildman–Crippen LogP) is 5.00. The molecule has 1 fully saturated rings. The van der Waals surface area contributed by atoms with Crippen LogP contribution in [0.5, 0.6) is 0 Å². The van der Waals surface area contributed by atoms with Crippen molar-refractivity contribution in [1.29, 1.82) is 0 Å². The Morgan fingerprint density at radius 1 is 1.05 bits per heavy atom. The van der Waals surface area contributed by atoms with Crippen molar-refractivity contribution in [2.45, 2.75) is 56.3 Å². The van der Waals surface area contributed by atoms with Crippen LogP contribution in [-0.4, -0.2) is 62.8 Å². The van der Waals surface area contributed by atoms with Crippen molar-refractivity contribution >= 4 is 56.7 Å². The minimum atomic E-state index is -4.28. The molecule has 0 spiro atoms. The number of carbonyl (C=O) groups excluding carboxylic acids is 2. The van der Waals surface area contributed by atoms with E-state index in [1.807, 2.05) is 24.3 Å². The van der Waals surface area contributed by atoms with E-state index in [1.54, 1.807) is 45.3 Å². The smallest absolute Gasteiger partial charge is 0.324 e. The van der Waals surface area contributed by atoms with Crippen molar-refractivity contribution in [3.8, 4) is 11.1 Å². The first-order valence-electron chi connectivity index (χ1n) is 13.9. The molecule has 0 bridgehead atoms. The van der Waals surface area contributed by atoms with Crippen molar-refractivity contribution in [1.82, 2.24) is 23.8 Å². The Hall–Kier alpha value is -3.84. The number of hydrogen-bond donors (Lipinski definition) is 0. The lowest BCUT2D eigenvalue weighted by Crippen LogP contribution is -2.56. The van der Waals surface area contributed by atoms with Crippen molar-refractivity contribution < 1.29 is 22.7 Å². The fraction of sp³-hybridized carbons (Fsp3) is 0.300. The highest BCUT2D eigenvalue weighted by Crippen LogP contribution is 2.45. The average Bonchev–Trinajstić information content (AvgIpc) is 3.46. The van der Waals surface area contributed by atoms with Gasteiger partial charge >= 0.3 is 5.97 Å². The van der Waals surface area contributed by atoms with Gasteiger partial charge in [0, 0.05) is 41.0 Å². The summed E-state index contributed by atoms with van der Waals surface area (Å²) in [6, 6.07) is 11.2. The normalized spacial score (nSPS) is 20.1. The zero-order valence-corrected chi connectivity index (χ0v) is 26.3. The van der Waals surface area contributed by atoms with E-state index in [1.165, 1.54) is 28.1 Å². The van der Waals surface area contributed by atoms with Crippen molar-refractivity contribution in [3.63, 3.8) is 0 Å². The van der Waals surface area contributed by atoms with Crippen LogP contribution in [0.1, 0.15) is 32.8 Å². The fourth-order valence-electron chi connectivity index (χ4n) is 5.59. The fourth-order valence-corrected chi connectivity index (χ4v) is 7.92. The monoisotopic (exact) mass is 654 g/mol. The number of nitrogens with zero attached hydrogens (tertiary/aromatic N) is 6. The highest BCUT2D eigenvalue weighted by molar-refractivity contribution is 7.89. The van der Waals surface area contributed by atoms with Crippen molar-refractivity contribution in [2.24, 2.45) is 0 Å². The summed E-state index contributed by atoms with van der Waals surface area (Å²) in [5.41, 5.74) is 1.40. The molecule has 2 unspecified atom stereocenters. The third-order valence-corrected chi connectivity index (χ3v) is 10.0. The number of imidazole rings is 1. The Morgan fingerprint density at radius 2 is 1.70 bits per heavy atom. The Labute approximate surface area is 264 Å². The van der Waals surface area contributed by atoms with E-state index in [-0.39, 0.29) is 23.9 Å². The number of esters is 1. The number of sulfonamides is 1. The number of carbonyl (C=O) groups is 2. The molecule has 14 heteroatoms. The zero-order valence-electron chi connectivity index (χ0n) is 24.0. The Morgan fingerprint density at radius 3 is 2.30 bits per heavy atom. The van der Waals surface area contributed by atoms with Gasteiger partial charge in [-0.2, -0.15) is 4.31 Å². The lowest BCUT2D eigenvalue weighted by atomic mass is 9.91. The average molecular weight is 656 g/mol. The van der Waals surface area contributed by atoms with Gasteiger partial charge in [-0.25, -0.2) is 28.3 Å². The number of hydrogen-bond acceptors (Lipinski definition) is 8. The van der Waals surface area contributed by atoms with Gasteiger partial charge in [0.1, 0.15) is 17.9 Å². The van der Waals surface area contributed by atoms with Crippen LogP contribution in [0.25, 0.3) is 11.1 Å². The molecule has 4 aromatic rings. The summed E-state index contributed by atoms with van der Waals surface area (Å²) in [5.74, 6) is -0.946. The van der Waals surface area contributed by atoms with Gasteiger partial charge in [0.15, 0.2) is 5.03 Å². The summed E-state index contributed by atoms with van der Waals surface area (Å²) in [6.07, 6.45) is 6.13. The van der Waals surface area contributed by atoms with Crippen LogP contribution in [0.2, 0.25) is 10.0 Å². The maximum absolute atomic E-state index is 14.4. The Bertz CT molecular complexity index is 1850.